The fourth-order valence-electron chi connectivity index (χ4n) is 2.96. The Hall–Kier alpha value is -3.36. The van der Waals surface area contributed by atoms with E-state index >= 15 is 0 Å². The van der Waals surface area contributed by atoms with Gasteiger partial charge in [-0.25, -0.2) is 19.9 Å². The monoisotopic (exact) mass is 471 g/mol. The van der Waals surface area contributed by atoms with Crippen LogP contribution in [0.3, 0.4) is 0 Å². The lowest BCUT2D eigenvalue weighted by Crippen LogP contribution is -2.14. The molecule has 2 aromatic heterocycles. The quantitative estimate of drug-likeness (QED) is 0.440. The number of hydrogen-bond acceptors (Lipinski definition) is 7. The van der Waals surface area contributed by atoms with Gasteiger partial charge in [-0.1, -0.05) is 23.2 Å². The van der Waals surface area contributed by atoms with Crippen molar-refractivity contribution in [1.82, 2.24) is 19.9 Å². The maximum absolute atomic E-state index is 11.4. The predicted molar refractivity (Wildman–Crippen MR) is 122 cm³/mol. The van der Waals surface area contributed by atoms with E-state index in [1.165, 1.54) is 12.7 Å². The summed E-state index contributed by atoms with van der Waals surface area (Å²) >= 11 is 11.8. The lowest BCUT2D eigenvalue weighted by molar-refractivity contribution is -0.142. The van der Waals surface area contributed by atoms with E-state index in [1.807, 2.05) is 0 Å². The van der Waals surface area contributed by atoms with Crippen LogP contribution in [-0.2, 0) is 27.2 Å². The maximum atomic E-state index is 11.4. The molecule has 0 saturated heterocycles. The van der Waals surface area contributed by atoms with Crippen LogP contribution in [0.1, 0.15) is 18.3 Å². The third kappa shape index (κ3) is 6.09. The van der Waals surface area contributed by atoms with E-state index in [4.69, 9.17) is 33.7 Å². The topological polar surface area (TPSA) is 121 Å². The van der Waals surface area contributed by atoms with Gasteiger partial charge in [0.15, 0.2) is 0 Å². The first-order valence-corrected chi connectivity index (χ1v) is 10.3. The predicted octanol–water partition coefficient (Wildman–Crippen LogP) is 3.70. The smallest absolute Gasteiger partial charge is 0.311 e. The number of hydrogen-bond donors (Lipinski definition) is 1. The molecule has 0 atom stereocenters. The van der Waals surface area contributed by atoms with E-state index in [1.54, 1.807) is 43.3 Å². The van der Waals surface area contributed by atoms with Crippen LogP contribution in [-0.4, -0.2) is 38.4 Å². The van der Waals surface area contributed by atoms with Crippen molar-refractivity contribution in [3.05, 3.63) is 70.5 Å². The third-order valence-electron chi connectivity index (χ3n) is 4.32. The molecule has 4 aromatic rings. The Balaban J connectivity index is 0.000000182. The van der Waals surface area contributed by atoms with Crippen LogP contribution in [0.2, 0.25) is 10.0 Å². The summed E-state index contributed by atoms with van der Waals surface area (Å²) in [5.41, 5.74) is 7.89. The molecule has 8 nitrogen and oxygen atoms in total. The number of rotatable bonds is 5. The molecular formula is C22H19Cl2N5O3. The Morgan fingerprint density at radius 1 is 0.844 bits per heavy atom. The summed E-state index contributed by atoms with van der Waals surface area (Å²) in [7, 11) is 0. The number of benzene rings is 2. The number of esters is 1. The zero-order valence-electron chi connectivity index (χ0n) is 17.1. The number of halogens is 2. The van der Waals surface area contributed by atoms with Crippen molar-refractivity contribution in [2.45, 2.75) is 19.8 Å². The number of carbonyl (C=O) groups excluding carboxylic acids is 2. The highest BCUT2D eigenvalue weighted by molar-refractivity contribution is 6.31. The second kappa shape index (κ2) is 10.8. The highest BCUT2D eigenvalue weighted by Crippen LogP contribution is 2.21. The van der Waals surface area contributed by atoms with E-state index in [0.717, 1.165) is 21.8 Å². The average Bonchev–Trinajstić information content (AvgIpc) is 2.75. The molecule has 2 heterocycles. The minimum absolute atomic E-state index is 0.0966. The molecule has 0 unspecified atom stereocenters. The van der Waals surface area contributed by atoms with Gasteiger partial charge in [0.25, 0.3) is 0 Å². The molecular weight excluding hydrogens is 453 g/mol. The molecule has 0 fully saturated rings. The van der Waals surface area contributed by atoms with Gasteiger partial charge in [0.2, 0.25) is 5.91 Å². The molecule has 32 heavy (non-hydrogen) atoms. The first kappa shape index (κ1) is 23.3. The summed E-state index contributed by atoms with van der Waals surface area (Å²) in [6.07, 6.45) is 3.08. The normalized spacial score (nSPS) is 10.5. The summed E-state index contributed by atoms with van der Waals surface area (Å²) < 4.78 is 4.89. The largest absolute Gasteiger partial charge is 0.466 e. The minimum atomic E-state index is -0.421. The number of aromatic nitrogens is 4. The van der Waals surface area contributed by atoms with Crippen molar-refractivity contribution >= 4 is 56.9 Å². The fourth-order valence-corrected chi connectivity index (χ4v) is 3.30. The molecule has 2 N–H and O–H groups in total. The van der Waals surface area contributed by atoms with Gasteiger partial charge in [-0.15, -0.1) is 0 Å². The standard InChI is InChI=1S/C12H11ClN2O2.C10H8ClN3O/c1-2-17-12(16)6-11-9-5-8(13)3-4-10(9)14-7-15-11;11-6-1-2-8-7(3-6)9(4-10(12)15)14-5-13-8/h3-5,7H,2,6H2,1H3;1-3,5H,4H2,(H2,12,15). The van der Waals surface area contributed by atoms with Crippen molar-refractivity contribution in [3.63, 3.8) is 0 Å². The van der Waals surface area contributed by atoms with Gasteiger partial charge in [-0.2, -0.15) is 0 Å². The number of fused-ring (bicyclic) bond motifs is 2. The Bertz CT molecular complexity index is 1280. The summed E-state index contributed by atoms with van der Waals surface area (Å²) in [6, 6.07) is 10.6. The van der Waals surface area contributed by atoms with Crippen LogP contribution < -0.4 is 5.73 Å². The van der Waals surface area contributed by atoms with E-state index in [0.29, 0.717) is 28.0 Å². The maximum Gasteiger partial charge on any atom is 0.311 e. The van der Waals surface area contributed by atoms with E-state index in [9.17, 15) is 9.59 Å². The first-order chi connectivity index (χ1) is 15.4. The van der Waals surface area contributed by atoms with Gasteiger partial charge in [0, 0.05) is 20.8 Å². The number of carbonyl (C=O) groups is 2. The highest BCUT2D eigenvalue weighted by atomic mass is 35.5. The van der Waals surface area contributed by atoms with Gasteiger partial charge in [0.1, 0.15) is 12.7 Å². The molecule has 10 heteroatoms. The third-order valence-corrected chi connectivity index (χ3v) is 4.79. The summed E-state index contributed by atoms with van der Waals surface area (Å²) in [4.78, 5) is 38.6. The molecule has 0 radical (unpaired) electrons. The van der Waals surface area contributed by atoms with Crippen molar-refractivity contribution in [2.24, 2.45) is 5.73 Å². The Kier molecular flexibility index (Phi) is 7.86. The van der Waals surface area contributed by atoms with Crippen molar-refractivity contribution in [1.29, 1.82) is 0 Å². The number of nitrogens with two attached hydrogens (primary N) is 1. The second-order valence-corrected chi connectivity index (χ2v) is 7.46. The lowest BCUT2D eigenvalue weighted by Gasteiger charge is -2.05. The van der Waals surface area contributed by atoms with Crippen molar-refractivity contribution < 1.29 is 14.3 Å². The molecule has 0 spiro atoms. The van der Waals surface area contributed by atoms with Crippen LogP contribution >= 0.6 is 23.2 Å². The minimum Gasteiger partial charge on any atom is -0.466 e. The summed E-state index contributed by atoms with van der Waals surface area (Å²) in [5.74, 6) is -0.720. The Labute approximate surface area is 193 Å². The molecule has 0 aliphatic rings. The Morgan fingerprint density at radius 2 is 1.34 bits per heavy atom. The molecule has 4 rings (SSSR count). The van der Waals surface area contributed by atoms with E-state index < -0.39 is 5.91 Å². The van der Waals surface area contributed by atoms with E-state index in [2.05, 4.69) is 19.9 Å². The molecule has 0 aliphatic carbocycles. The Morgan fingerprint density at radius 3 is 1.81 bits per heavy atom. The zero-order chi connectivity index (χ0) is 23.1. The van der Waals surface area contributed by atoms with Crippen LogP contribution in [0.25, 0.3) is 21.8 Å². The van der Waals surface area contributed by atoms with Gasteiger partial charge in [-0.3, -0.25) is 9.59 Å². The van der Waals surface area contributed by atoms with Crippen molar-refractivity contribution in [2.75, 3.05) is 6.61 Å². The lowest BCUT2D eigenvalue weighted by atomic mass is 10.1. The zero-order valence-corrected chi connectivity index (χ0v) is 18.6. The van der Waals surface area contributed by atoms with Crippen LogP contribution in [0.5, 0.6) is 0 Å². The average molecular weight is 472 g/mol. The summed E-state index contributed by atoms with van der Waals surface area (Å²) in [6.45, 7) is 2.13. The molecule has 0 aliphatic heterocycles. The molecule has 0 bridgehead atoms. The number of primary amides is 1. The van der Waals surface area contributed by atoms with Gasteiger partial charge in [-0.05, 0) is 43.3 Å². The molecule has 1 amide bonds. The molecule has 0 saturated carbocycles. The van der Waals surface area contributed by atoms with Crippen LogP contribution in [0, 0.1) is 0 Å². The molecule has 2 aromatic carbocycles. The first-order valence-electron chi connectivity index (χ1n) is 9.59. The van der Waals surface area contributed by atoms with Gasteiger partial charge < -0.3 is 10.5 Å². The van der Waals surface area contributed by atoms with Gasteiger partial charge in [0.05, 0.1) is 41.9 Å². The highest BCUT2D eigenvalue weighted by Gasteiger charge is 2.10. The number of nitrogens with zero attached hydrogens (tertiary/aromatic N) is 4. The van der Waals surface area contributed by atoms with Crippen molar-refractivity contribution in [3.8, 4) is 0 Å². The van der Waals surface area contributed by atoms with E-state index in [-0.39, 0.29) is 18.8 Å². The van der Waals surface area contributed by atoms with Crippen LogP contribution in [0.4, 0.5) is 0 Å². The summed E-state index contributed by atoms with van der Waals surface area (Å²) in [5, 5.41) is 2.73. The second-order valence-electron chi connectivity index (χ2n) is 6.59. The SMILES string of the molecule is CCOC(=O)Cc1ncnc2ccc(Cl)cc12.NC(=O)Cc1ncnc2ccc(Cl)cc12. The number of amides is 1. The fraction of sp³-hybridized carbons (Fsp3) is 0.182. The van der Waals surface area contributed by atoms with Crippen LogP contribution in [0.15, 0.2) is 49.1 Å². The van der Waals surface area contributed by atoms with Gasteiger partial charge >= 0.3 is 5.97 Å². The molecule has 164 valence electrons. The number of ether oxygens (including phenoxy) is 1.